The molecular weight excluding hydrogens is 370 g/mol. The molecular formula is C22H23N3O4. The van der Waals surface area contributed by atoms with Crippen LogP contribution in [0, 0.1) is 12.8 Å². The third kappa shape index (κ3) is 4.23. The van der Waals surface area contributed by atoms with Gasteiger partial charge in [-0.05, 0) is 49.6 Å². The summed E-state index contributed by atoms with van der Waals surface area (Å²) in [5, 5.41) is 9.23. The topological polar surface area (TPSA) is 84.1 Å². The molecule has 3 heterocycles. The van der Waals surface area contributed by atoms with Crippen molar-refractivity contribution in [3.63, 3.8) is 0 Å². The number of carboxylic acids is 1. The minimum atomic E-state index is -0.845. The van der Waals surface area contributed by atoms with Crippen molar-refractivity contribution in [3.8, 4) is 5.75 Å². The van der Waals surface area contributed by atoms with Crippen molar-refractivity contribution in [2.75, 3.05) is 13.1 Å². The summed E-state index contributed by atoms with van der Waals surface area (Å²) in [7, 11) is 0. The molecule has 1 saturated heterocycles. The number of hydrogen-bond acceptors (Lipinski definition) is 4. The number of carbonyl (C=O) groups excluding carboxylic acids is 1. The van der Waals surface area contributed by atoms with E-state index in [0.717, 1.165) is 16.9 Å². The number of pyridine rings is 1. The Bertz CT molecular complexity index is 1060. The van der Waals surface area contributed by atoms with Crippen LogP contribution in [0.25, 0.3) is 5.65 Å². The highest BCUT2D eigenvalue weighted by molar-refractivity contribution is 5.95. The maximum absolute atomic E-state index is 12.8. The first kappa shape index (κ1) is 19.0. The van der Waals surface area contributed by atoms with Gasteiger partial charge < -0.3 is 19.1 Å². The number of piperidine rings is 1. The highest BCUT2D eigenvalue weighted by atomic mass is 16.5. The van der Waals surface area contributed by atoms with Crippen LogP contribution >= 0.6 is 0 Å². The third-order valence-corrected chi connectivity index (χ3v) is 5.17. The van der Waals surface area contributed by atoms with Crippen LogP contribution in [0.1, 0.15) is 34.5 Å². The molecule has 7 heteroatoms. The molecule has 1 aliphatic heterocycles. The first-order chi connectivity index (χ1) is 14.0. The summed E-state index contributed by atoms with van der Waals surface area (Å²) in [6.07, 6.45) is 5.25. The highest BCUT2D eigenvalue weighted by Crippen LogP contribution is 2.21. The van der Waals surface area contributed by atoms with Crippen molar-refractivity contribution in [1.82, 2.24) is 14.3 Å². The quantitative estimate of drug-likeness (QED) is 0.720. The van der Waals surface area contributed by atoms with E-state index in [0.29, 0.717) is 37.3 Å². The lowest BCUT2D eigenvalue weighted by Gasteiger charge is -2.30. The van der Waals surface area contributed by atoms with E-state index in [2.05, 4.69) is 4.98 Å². The van der Waals surface area contributed by atoms with Gasteiger partial charge in [-0.1, -0.05) is 12.1 Å². The van der Waals surface area contributed by atoms with E-state index in [1.807, 2.05) is 35.9 Å². The molecule has 1 unspecified atom stereocenters. The number of aryl methyl sites for hydroxylation is 1. The largest absolute Gasteiger partial charge is 0.487 e. The average molecular weight is 393 g/mol. The SMILES string of the molecule is Cc1ccc2nc(COc3cccc(C(=O)N4CCCC(C(=O)O)C4)c3)cn2c1. The Morgan fingerprint density at radius 2 is 2.10 bits per heavy atom. The number of nitrogens with zero attached hydrogens (tertiary/aromatic N) is 3. The predicted molar refractivity (Wildman–Crippen MR) is 107 cm³/mol. The lowest BCUT2D eigenvalue weighted by molar-refractivity contribution is -0.143. The molecule has 1 fully saturated rings. The minimum absolute atomic E-state index is 0.162. The molecule has 0 spiro atoms. The molecule has 1 aromatic carbocycles. The van der Waals surface area contributed by atoms with Crippen LogP contribution in [0.4, 0.5) is 0 Å². The molecule has 0 radical (unpaired) electrons. The molecule has 7 nitrogen and oxygen atoms in total. The number of likely N-dealkylation sites (tertiary alicyclic amines) is 1. The summed E-state index contributed by atoms with van der Waals surface area (Å²) in [6.45, 7) is 3.15. The molecule has 2 aromatic heterocycles. The fourth-order valence-corrected chi connectivity index (χ4v) is 3.65. The van der Waals surface area contributed by atoms with E-state index in [1.54, 1.807) is 29.2 Å². The highest BCUT2D eigenvalue weighted by Gasteiger charge is 2.28. The molecule has 0 bridgehead atoms. The first-order valence-corrected chi connectivity index (χ1v) is 9.69. The van der Waals surface area contributed by atoms with Crippen LogP contribution in [-0.2, 0) is 11.4 Å². The van der Waals surface area contributed by atoms with Crippen LogP contribution in [0.3, 0.4) is 0 Å². The number of benzene rings is 1. The Balaban J connectivity index is 1.43. The first-order valence-electron chi connectivity index (χ1n) is 9.69. The summed E-state index contributed by atoms with van der Waals surface area (Å²) in [5.41, 5.74) is 3.31. The summed E-state index contributed by atoms with van der Waals surface area (Å²) >= 11 is 0. The summed E-state index contributed by atoms with van der Waals surface area (Å²) < 4.78 is 7.81. The molecule has 0 saturated carbocycles. The fraction of sp³-hybridized carbons (Fsp3) is 0.318. The molecule has 150 valence electrons. The number of imidazole rings is 1. The number of hydrogen-bond donors (Lipinski definition) is 1. The number of ether oxygens (including phenoxy) is 1. The zero-order valence-electron chi connectivity index (χ0n) is 16.2. The lowest BCUT2D eigenvalue weighted by Crippen LogP contribution is -2.42. The van der Waals surface area contributed by atoms with E-state index in [-0.39, 0.29) is 12.5 Å². The van der Waals surface area contributed by atoms with Gasteiger partial charge in [0.15, 0.2) is 0 Å². The number of carboxylic acid groups (broad SMARTS) is 1. The number of amides is 1. The monoisotopic (exact) mass is 393 g/mol. The Labute approximate surface area is 168 Å². The molecule has 1 aliphatic rings. The van der Waals surface area contributed by atoms with Gasteiger partial charge in [0.2, 0.25) is 0 Å². The third-order valence-electron chi connectivity index (χ3n) is 5.17. The molecule has 29 heavy (non-hydrogen) atoms. The standard InChI is InChI=1S/C22H23N3O4/c1-15-7-8-20-23-18(13-25(20)11-15)14-29-19-6-2-4-16(10-19)21(26)24-9-3-5-17(12-24)22(27)28/h2,4,6-8,10-11,13,17H,3,5,9,12,14H2,1H3,(H,27,28). The Morgan fingerprint density at radius 1 is 1.24 bits per heavy atom. The van der Waals surface area contributed by atoms with Gasteiger partial charge in [-0.15, -0.1) is 0 Å². The summed E-state index contributed by atoms with van der Waals surface area (Å²) in [5.74, 6) is -0.923. The van der Waals surface area contributed by atoms with Gasteiger partial charge in [0.25, 0.3) is 5.91 Å². The Morgan fingerprint density at radius 3 is 2.93 bits per heavy atom. The van der Waals surface area contributed by atoms with Crippen molar-refractivity contribution in [1.29, 1.82) is 0 Å². The van der Waals surface area contributed by atoms with Crippen molar-refractivity contribution >= 4 is 17.5 Å². The van der Waals surface area contributed by atoms with Crippen LogP contribution < -0.4 is 4.74 Å². The normalized spacial score (nSPS) is 16.7. The van der Waals surface area contributed by atoms with E-state index in [1.165, 1.54) is 0 Å². The second-order valence-electron chi connectivity index (χ2n) is 7.45. The van der Waals surface area contributed by atoms with Gasteiger partial charge in [-0.3, -0.25) is 9.59 Å². The van der Waals surface area contributed by atoms with Gasteiger partial charge in [0.1, 0.15) is 18.0 Å². The molecule has 1 N–H and O–H groups in total. The minimum Gasteiger partial charge on any atom is -0.487 e. The molecule has 0 aliphatic carbocycles. The maximum atomic E-state index is 12.8. The van der Waals surface area contributed by atoms with Crippen LogP contribution in [0.5, 0.6) is 5.75 Å². The number of aromatic nitrogens is 2. The van der Waals surface area contributed by atoms with Crippen molar-refractivity contribution in [3.05, 3.63) is 65.6 Å². The Hall–Kier alpha value is -3.35. The van der Waals surface area contributed by atoms with Gasteiger partial charge in [-0.25, -0.2) is 4.98 Å². The summed E-state index contributed by atoms with van der Waals surface area (Å²) in [6, 6.07) is 11.0. The van der Waals surface area contributed by atoms with Crippen molar-refractivity contribution < 1.29 is 19.4 Å². The second kappa shape index (κ2) is 7.95. The smallest absolute Gasteiger partial charge is 0.308 e. The van der Waals surface area contributed by atoms with Gasteiger partial charge in [-0.2, -0.15) is 0 Å². The van der Waals surface area contributed by atoms with Crippen LogP contribution in [0.2, 0.25) is 0 Å². The zero-order chi connectivity index (χ0) is 20.4. The van der Waals surface area contributed by atoms with Gasteiger partial charge >= 0.3 is 5.97 Å². The number of carbonyl (C=O) groups is 2. The van der Waals surface area contributed by atoms with Gasteiger partial charge in [0.05, 0.1) is 11.6 Å². The van der Waals surface area contributed by atoms with Crippen LogP contribution in [-0.4, -0.2) is 44.4 Å². The number of aliphatic carboxylic acids is 1. The van der Waals surface area contributed by atoms with Crippen LogP contribution in [0.15, 0.2) is 48.8 Å². The fourth-order valence-electron chi connectivity index (χ4n) is 3.65. The zero-order valence-corrected chi connectivity index (χ0v) is 16.2. The average Bonchev–Trinajstić information content (AvgIpc) is 3.14. The van der Waals surface area contributed by atoms with Crippen molar-refractivity contribution in [2.24, 2.45) is 5.92 Å². The Kier molecular flexibility index (Phi) is 5.20. The molecule has 1 atom stereocenters. The van der Waals surface area contributed by atoms with Gasteiger partial charge in [0, 0.05) is 31.0 Å². The summed E-state index contributed by atoms with van der Waals surface area (Å²) in [4.78, 5) is 30.2. The number of rotatable bonds is 5. The second-order valence-corrected chi connectivity index (χ2v) is 7.45. The van der Waals surface area contributed by atoms with E-state index in [4.69, 9.17) is 4.74 Å². The van der Waals surface area contributed by atoms with E-state index >= 15 is 0 Å². The maximum Gasteiger partial charge on any atom is 0.308 e. The molecule has 1 amide bonds. The van der Waals surface area contributed by atoms with E-state index < -0.39 is 11.9 Å². The predicted octanol–water partition coefficient (Wildman–Crippen LogP) is 3.16. The van der Waals surface area contributed by atoms with E-state index in [9.17, 15) is 14.7 Å². The molecule has 3 aromatic rings. The number of fused-ring (bicyclic) bond motifs is 1. The molecule has 4 rings (SSSR count). The van der Waals surface area contributed by atoms with Crippen molar-refractivity contribution in [2.45, 2.75) is 26.4 Å². The lowest BCUT2D eigenvalue weighted by atomic mass is 9.97.